The highest BCUT2D eigenvalue weighted by Gasteiger charge is 2.49. The molecule has 4 fully saturated rings. The molecule has 4 saturated carbocycles. The zero-order valence-corrected chi connectivity index (χ0v) is 11.3. The standard InChI is InChI=1S/C16H22N2O/c17-9-12-2-1-3-18(16(12)19)15-13-5-10-4-11(7-13)8-14(15)6-10/h1-3,10-11,13-15H,4-9,17H2. The van der Waals surface area contributed by atoms with Crippen molar-refractivity contribution in [2.75, 3.05) is 0 Å². The molecule has 0 unspecified atom stereocenters. The Morgan fingerprint density at radius 1 is 1.11 bits per heavy atom. The summed E-state index contributed by atoms with van der Waals surface area (Å²) in [4.78, 5) is 12.5. The van der Waals surface area contributed by atoms with Crippen molar-refractivity contribution in [3.8, 4) is 0 Å². The van der Waals surface area contributed by atoms with E-state index in [4.69, 9.17) is 5.73 Å². The molecule has 4 bridgehead atoms. The fourth-order valence-corrected chi connectivity index (χ4v) is 5.30. The summed E-state index contributed by atoms with van der Waals surface area (Å²) in [5.41, 5.74) is 6.60. The lowest BCUT2D eigenvalue weighted by molar-refractivity contribution is -0.0304. The van der Waals surface area contributed by atoms with Crippen LogP contribution >= 0.6 is 0 Å². The van der Waals surface area contributed by atoms with Crippen molar-refractivity contribution in [1.29, 1.82) is 0 Å². The van der Waals surface area contributed by atoms with E-state index in [9.17, 15) is 4.79 Å². The van der Waals surface area contributed by atoms with Crippen LogP contribution in [0.25, 0.3) is 0 Å². The first-order chi connectivity index (χ1) is 9.26. The summed E-state index contributed by atoms with van der Waals surface area (Å²) < 4.78 is 2.02. The Kier molecular flexibility index (Phi) is 2.59. The van der Waals surface area contributed by atoms with Gasteiger partial charge in [-0.25, -0.2) is 0 Å². The molecule has 1 aromatic rings. The van der Waals surface area contributed by atoms with Gasteiger partial charge in [0.15, 0.2) is 0 Å². The molecule has 0 atom stereocenters. The average Bonchev–Trinajstić information content (AvgIpc) is 2.39. The number of rotatable bonds is 2. The van der Waals surface area contributed by atoms with E-state index >= 15 is 0 Å². The van der Waals surface area contributed by atoms with E-state index in [-0.39, 0.29) is 5.56 Å². The molecule has 3 nitrogen and oxygen atoms in total. The first kappa shape index (κ1) is 11.7. The van der Waals surface area contributed by atoms with E-state index in [2.05, 4.69) is 0 Å². The molecule has 0 aromatic carbocycles. The molecule has 0 aliphatic heterocycles. The topological polar surface area (TPSA) is 48.0 Å². The zero-order valence-electron chi connectivity index (χ0n) is 11.3. The van der Waals surface area contributed by atoms with Crippen LogP contribution in [-0.4, -0.2) is 4.57 Å². The molecule has 19 heavy (non-hydrogen) atoms. The van der Waals surface area contributed by atoms with Crippen molar-refractivity contribution in [2.24, 2.45) is 29.4 Å². The lowest BCUT2D eigenvalue weighted by Crippen LogP contribution is -2.48. The van der Waals surface area contributed by atoms with Crippen LogP contribution in [0.15, 0.2) is 23.1 Å². The van der Waals surface area contributed by atoms with Gasteiger partial charge in [-0.15, -0.1) is 0 Å². The quantitative estimate of drug-likeness (QED) is 0.885. The van der Waals surface area contributed by atoms with Gasteiger partial charge in [0.1, 0.15) is 0 Å². The molecule has 4 aliphatic rings. The van der Waals surface area contributed by atoms with Crippen molar-refractivity contribution in [2.45, 2.75) is 44.7 Å². The molecular formula is C16H22N2O. The Labute approximate surface area is 113 Å². The summed E-state index contributed by atoms with van der Waals surface area (Å²) in [7, 11) is 0. The third kappa shape index (κ3) is 1.71. The third-order valence-corrected chi connectivity index (χ3v) is 5.77. The fourth-order valence-electron chi connectivity index (χ4n) is 5.30. The van der Waals surface area contributed by atoms with Crippen LogP contribution < -0.4 is 11.3 Å². The maximum absolute atomic E-state index is 12.5. The number of nitrogens with zero attached hydrogens (tertiary/aromatic N) is 1. The highest BCUT2D eigenvalue weighted by molar-refractivity contribution is 5.12. The average molecular weight is 258 g/mol. The van der Waals surface area contributed by atoms with Crippen LogP contribution in [0, 0.1) is 23.7 Å². The first-order valence-corrected chi connectivity index (χ1v) is 7.66. The highest BCUT2D eigenvalue weighted by Crippen LogP contribution is 2.57. The van der Waals surface area contributed by atoms with Crippen molar-refractivity contribution >= 4 is 0 Å². The lowest BCUT2D eigenvalue weighted by Gasteiger charge is -2.54. The van der Waals surface area contributed by atoms with Crippen molar-refractivity contribution < 1.29 is 0 Å². The minimum absolute atomic E-state index is 0.155. The SMILES string of the molecule is NCc1cccn(C2C3CC4CC(C3)CC2C4)c1=O. The van der Waals surface area contributed by atoms with Crippen molar-refractivity contribution in [3.63, 3.8) is 0 Å². The normalized spacial score (nSPS) is 39.7. The third-order valence-electron chi connectivity index (χ3n) is 5.77. The van der Waals surface area contributed by atoms with Gasteiger partial charge >= 0.3 is 0 Å². The van der Waals surface area contributed by atoms with Crippen LogP contribution in [0.3, 0.4) is 0 Å². The van der Waals surface area contributed by atoms with E-state index in [1.54, 1.807) is 0 Å². The van der Waals surface area contributed by atoms with E-state index in [1.165, 1.54) is 32.1 Å². The number of aromatic nitrogens is 1. The van der Waals surface area contributed by atoms with Crippen molar-refractivity contribution in [3.05, 3.63) is 34.2 Å². The zero-order chi connectivity index (χ0) is 13.0. The van der Waals surface area contributed by atoms with Gasteiger partial charge < -0.3 is 10.3 Å². The maximum atomic E-state index is 12.5. The van der Waals surface area contributed by atoms with Gasteiger partial charge in [-0.1, -0.05) is 6.07 Å². The molecule has 0 radical (unpaired) electrons. The molecule has 0 amide bonds. The summed E-state index contributed by atoms with van der Waals surface area (Å²) in [5.74, 6) is 3.38. The van der Waals surface area contributed by atoms with Gasteiger partial charge in [-0.05, 0) is 61.8 Å². The molecule has 4 aliphatic carbocycles. The molecule has 1 heterocycles. The molecule has 0 saturated heterocycles. The largest absolute Gasteiger partial charge is 0.326 e. The second-order valence-electron chi connectivity index (χ2n) is 6.87. The van der Waals surface area contributed by atoms with Crippen LogP contribution in [0.4, 0.5) is 0 Å². The van der Waals surface area contributed by atoms with E-state index < -0.39 is 0 Å². The second-order valence-corrected chi connectivity index (χ2v) is 6.87. The number of pyridine rings is 1. The van der Waals surface area contributed by atoms with E-state index in [1.807, 2.05) is 22.9 Å². The smallest absolute Gasteiger partial charge is 0.255 e. The molecule has 3 heteroatoms. The summed E-state index contributed by atoms with van der Waals surface area (Å²) in [5, 5.41) is 0. The predicted octanol–water partition coefficient (Wildman–Crippen LogP) is 2.30. The summed E-state index contributed by atoms with van der Waals surface area (Å²) in [6.07, 6.45) is 8.83. The van der Waals surface area contributed by atoms with Gasteiger partial charge in [-0.2, -0.15) is 0 Å². The van der Waals surface area contributed by atoms with E-state index in [0.717, 1.165) is 29.2 Å². The van der Waals surface area contributed by atoms with Gasteiger partial charge in [-0.3, -0.25) is 4.79 Å². The molecule has 5 rings (SSSR count). The fraction of sp³-hybridized carbons (Fsp3) is 0.688. The second kappa shape index (κ2) is 4.20. The van der Waals surface area contributed by atoms with Gasteiger partial charge in [0.25, 0.3) is 5.56 Å². The number of hydrogen-bond acceptors (Lipinski definition) is 2. The van der Waals surface area contributed by atoms with Crippen molar-refractivity contribution in [1.82, 2.24) is 4.57 Å². The number of hydrogen-bond donors (Lipinski definition) is 1. The van der Waals surface area contributed by atoms with Gasteiger partial charge in [0.2, 0.25) is 0 Å². The minimum atomic E-state index is 0.155. The van der Waals surface area contributed by atoms with Gasteiger partial charge in [0, 0.05) is 24.3 Å². The first-order valence-electron chi connectivity index (χ1n) is 7.66. The Morgan fingerprint density at radius 2 is 1.74 bits per heavy atom. The number of nitrogens with two attached hydrogens (primary N) is 1. The van der Waals surface area contributed by atoms with Crippen LogP contribution in [-0.2, 0) is 6.54 Å². The Morgan fingerprint density at radius 3 is 2.32 bits per heavy atom. The molecule has 1 aromatic heterocycles. The lowest BCUT2D eigenvalue weighted by atomic mass is 9.54. The predicted molar refractivity (Wildman–Crippen MR) is 74.7 cm³/mol. The van der Waals surface area contributed by atoms with Gasteiger partial charge in [0.05, 0.1) is 0 Å². The summed E-state index contributed by atoms with van der Waals surface area (Å²) in [6, 6.07) is 4.32. The highest BCUT2D eigenvalue weighted by atomic mass is 16.1. The summed E-state index contributed by atoms with van der Waals surface area (Å²) in [6.45, 7) is 0.354. The monoisotopic (exact) mass is 258 g/mol. The Bertz CT molecular complexity index is 520. The Balaban J connectivity index is 1.75. The van der Waals surface area contributed by atoms with Crippen LogP contribution in [0.2, 0.25) is 0 Å². The molecule has 2 N–H and O–H groups in total. The summed E-state index contributed by atoms with van der Waals surface area (Å²) >= 11 is 0. The Hall–Kier alpha value is -1.09. The van der Waals surface area contributed by atoms with Crippen LogP contribution in [0.1, 0.15) is 43.7 Å². The molecular weight excluding hydrogens is 236 g/mol. The molecule has 102 valence electrons. The molecule has 0 spiro atoms. The maximum Gasteiger partial charge on any atom is 0.255 e. The van der Waals surface area contributed by atoms with E-state index in [0.29, 0.717) is 12.6 Å². The van der Waals surface area contributed by atoms with Crippen LogP contribution in [0.5, 0.6) is 0 Å². The minimum Gasteiger partial charge on any atom is -0.326 e.